The van der Waals surface area contributed by atoms with Crippen molar-refractivity contribution in [3.63, 3.8) is 0 Å². The van der Waals surface area contributed by atoms with Gasteiger partial charge in [0.1, 0.15) is 11.6 Å². The second-order valence-electron chi connectivity index (χ2n) is 7.86. The number of benzene rings is 3. The average molecular weight is 500 g/mol. The quantitative estimate of drug-likeness (QED) is 0.271. The summed E-state index contributed by atoms with van der Waals surface area (Å²) in [5.74, 6) is -1.20. The first-order chi connectivity index (χ1) is 16.2. The van der Waals surface area contributed by atoms with E-state index in [1.54, 1.807) is 18.2 Å². The fourth-order valence-corrected chi connectivity index (χ4v) is 4.75. The minimum absolute atomic E-state index is 0.0613. The largest absolute Gasteiger partial charge is 0.350 e. The summed E-state index contributed by atoms with van der Waals surface area (Å²) in [5, 5.41) is 3.53. The number of amides is 1. The topological polar surface area (TPSA) is 64.0 Å². The lowest BCUT2D eigenvalue weighted by molar-refractivity contribution is 0.0943. The molecule has 0 aliphatic heterocycles. The zero-order valence-electron chi connectivity index (χ0n) is 18.3. The first-order valence-corrected chi connectivity index (χ1v) is 11.8. The highest BCUT2D eigenvalue weighted by atomic mass is 35.5. The molecule has 1 aromatic heterocycles. The molecule has 3 aromatic carbocycles. The van der Waals surface area contributed by atoms with Crippen molar-refractivity contribution in [3.8, 4) is 5.69 Å². The molecule has 1 amide bonds. The number of hydrogen-bond acceptors (Lipinski definition) is 4. The lowest BCUT2D eigenvalue weighted by atomic mass is 10.1. The molecule has 0 saturated carbocycles. The summed E-state index contributed by atoms with van der Waals surface area (Å²) in [6.45, 7) is 3.69. The van der Waals surface area contributed by atoms with Gasteiger partial charge in [-0.25, -0.2) is 13.8 Å². The third-order valence-corrected chi connectivity index (χ3v) is 6.31. The first kappa shape index (κ1) is 23.9. The molecule has 0 fully saturated rings. The highest BCUT2D eigenvalue weighted by Crippen LogP contribution is 2.29. The smallest absolute Gasteiger partial charge is 0.266 e. The molecule has 0 atom stereocenters. The Morgan fingerprint density at radius 1 is 1.12 bits per heavy atom. The summed E-state index contributed by atoms with van der Waals surface area (Å²) in [6, 6.07) is 14.5. The van der Waals surface area contributed by atoms with Crippen LogP contribution in [0.15, 0.2) is 70.6 Å². The van der Waals surface area contributed by atoms with E-state index >= 15 is 0 Å². The van der Waals surface area contributed by atoms with Crippen LogP contribution in [-0.2, 0) is 5.75 Å². The first-order valence-electron chi connectivity index (χ1n) is 10.4. The number of carbonyl (C=O) groups is 1. The zero-order chi connectivity index (χ0) is 24.4. The van der Waals surface area contributed by atoms with Gasteiger partial charge in [-0.05, 0) is 62.4 Å². The molecule has 174 valence electrons. The van der Waals surface area contributed by atoms with Crippen molar-refractivity contribution in [2.75, 3.05) is 0 Å². The number of fused-ring (bicyclic) bond motifs is 1. The number of thioether (sulfide) groups is 1. The van der Waals surface area contributed by atoms with Gasteiger partial charge in [0, 0.05) is 27.9 Å². The van der Waals surface area contributed by atoms with Crippen LogP contribution in [0.3, 0.4) is 0 Å². The van der Waals surface area contributed by atoms with E-state index in [4.69, 9.17) is 11.6 Å². The van der Waals surface area contributed by atoms with Crippen LogP contribution in [0.1, 0.15) is 29.8 Å². The number of rotatable bonds is 6. The molecule has 0 aliphatic rings. The summed E-state index contributed by atoms with van der Waals surface area (Å²) >= 11 is 7.25. The summed E-state index contributed by atoms with van der Waals surface area (Å²) in [5.41, 5.74) is 0.761. The predicted molar refractivity (Wildman–Crippen MR) is 131 cm³/mol. The summed E-state index contributed by atoms with van der Waals surface area (Å²) in [4.78, 5) is 30.5. The number of aromatic nitrogens is 2. The predicted octanol–water partition coefficient (Wildman–Crippen LogP) is 5.75. The third kappa shape index (κ3) is 4.98. The molecule has 1 N–H and O–H groups in total. The van der Waals surface area contributed by atoms with E-state index in [0.717, 1.165) is 11.8 Å². The lowest BCUT2D eigenvalue weighted by Gasteiger charge is -2.15. The molecule has 0 bridgehead atoms. The average Bonchev–Trinajstić information content (AvgIpc) is 2.78. The molecule has 4 rings (SSSR count). The fraction of sp³-hybridized carbons (Fsp3) is 0.160. The Hall–Kier alpha value is -3.23. The van der Waals surface area contributed by atoms with Crippen LogP contribution in [0.5, 0.6) is 0 Å². The van der Waals surface area contributed by atoms with E-state index in [0.29, 0.717) is 11.1 Å². The number of carbonyl (C=O) groups excluding carboxylic acids is 1. The number of nitrogens with one attached hydrogen (secondary N) is 1. The summed E-state index contributed by atoms with van der Waals surface area (Å²) in [6.07, 6.45) is 0. The van der Waals surface area contributed by atoms with Gasteiger partial charge in [-0.1, -0.05) is 35.5 Å². The monoisotopic (exact) mass is 499 g/mol. The molecule has 0 spiro atoms. The standard InChI is InChI=1S/C25H20ClF2N3O2S/c1-14(2)29-23(32)15-9-10-18-22(11-15)30-25(34-13-19-20(26)7-4-8-21(19)28)31(24(18)33)17-6-3-5-16(27)12-17/h3-12,14H,13H2,1-2H3,(H,29,32). The molecule has 4 aromatic rings. The Bertz CT molecular complexity index is 1440. The molecule has 0 unspecified atom stereocenters. The van der Waals surface area contributed by atoms with Gasteiger partial charge in [-0.15, -0.1) is 0 Å². The molecule has 0 saturated heterocycles. The second kappa shape index (κ2) is 9.95. The maximum absolute atomic E-state index is 14.3. The van der Waals surface area contributed by atoms with Gasteiger partial charge in [0.25, 0.3) is 11.5 Å². The van der Waals surface area contributed by atoms with Crippen LogP contribution in [-0.4, -0.2) is 21.5 Å². The Morgan fingerprint density at radius 3 is 2.59 bits per heavy atom. The molecule has 0 radical (unpaired) electrons. The van der Waals surface area contributed by atoms with Gasteiger partial charge in [-0.3, -0.25) is 14.2 Å². The van der Waals surface area contributed by atoms with Gasteiger partial charge in [0.05, 0.1) is 16.6 Å². The summed E-state index contributed by atoms with van der Waals surface area (Å²) in [7, 11) is 0. The second-order valence-corrected chi connectivity index (χ2v) is 9.21. The van der Waals surface area contributed by atoms with Crippen LogP contribution in [0, 0.1) is 11.6 Å². The van der Waals surface area contributed by atoms with Crippen molar-refractivity contribution >= 4 is 40.2 Å². The third-order valence-electron chi connectivity index (χ3n) is 4.99. The Kier molecular flexibility index (Phi) is 7.00. The van der Waals surface area contributed by atoms with Gasteiger partial charge in [-0.2, -0.15) is 0 Å². The van der Waals surface area contributed by atoms with Crippen LogP contribution < -0.4 is 10.9 Å². The number of nitrogens with zero attached hydrogens (tertiary/aromatic N) is 2. The van der Waals surface area contributed by atoms with E-state index in [1.165, 1.54) is 47.0 Å². The minimum atomic E-state index is -0.515. The van der Waals surface area contributed by atoms with E-state index in [9.17, 15) is 18.4 Å². The molecule has 1 heterocycles. The van der Waals surface area contributed by atoms with E-state index in [1.807, 2.05) is 13.8 Å². The fourth-order valence-electron chi connectivity index (χ4n) is 3.40. The minimum Gasteiger partial charge on any atom is -0.350 e. The molecule has 34 heavy (non-hydrogen) atoms. The maximum atomic E-state index is 14.3. The van der Waals surface area contributed by atoms with Crippen LogP contribution >= 0.6 is 23.4 Å². The van der Waals surface area contributed by atoms with Crippen LogP contribution in [0.25, 0.3) is 16.6 Å². The summed E-state index contributed by atoms with van der Waals surface area (Å²) < 4.78 is 29.6. The van der Waals surface area contributed by atoms with Gasteiger partial charge in [0.15, 0.2) is 5.16 Å². The molecule has 9 heteroatoms. The maximum Gasteiger partial charge on any atom is 0.266 e. The van der Waals surface area contributed by atoms with Crippen molar-refractivity contribution < 1.29 is 13.6 Å². The van der Waals surface area contributed by atoms with Crippen molar-refractivity contribution in [1.29, 1.82) is 0 Å². The molecular weight excluding hydrogens is 480 g/mol. The van der Waals surface area contributed by atoms with Crippen molar-refractivity contribution in [3.05, 3.63) is 98.8 Å². The van der Waals surface area contributed by atoms with Gasteiger partial charge < -0.3 is 5.32 Å². The highest BCUT2D eigenvalue weighted by molar-refractivity contribution is 7.98. The van der Waals surface area contributed by atoms with Crippen molar-refractivity contribution in [2.45, 2.75) is 30.8 Å². The Morgan fingerprint density at radius 2 is 1.88 bits per heavy atom. The number of halogens is 3. The normalized spacial score (nSPS) is 11.2. The number of hydrogen-bond donors (Lipinski definition) is 1. The van der Waals surface area contributed by atoms with Gasteiger partial charge in [0.2, 0.25) is 0 Å². The van der Waals surface area contributed by atoms with Crippen molar-refractivity contribution in [2.24, 2.45) is 0 Å². The molecular formula is C25H20ClF2N3O2S. The van der Waals surface area contributed by atoms with E-state index in [2.05, 4.69) is 10.3 Å². The van der Waals surface area contributed by atoms with Gasteiger partial charge >= 0.3 is 0 Å². The van der Waals surface area contributed by atoms with Crippen LogP contribution in [0.2, 0.25) is 5.02 Å². The SMILES string of the molecule is CC(C)NC(=O)c1ccc2c(=O)n(-c3cccc(F)c3)c(SCc3c(F)cccc3Cl)nc2c1. The van der Waals surface area contributed by atoms with E-state index < -0.39 is 17.2 Å². The van der Waals surface area contributed by atoms with Crippen LogP contribution in [0.4, 0.5) is 8.78 Å². The zero-order valence-corrected chi connectivity index (χ0v) is 19.9. The van der Waals surface area contributed by atoms with Crippen molar-refractivity contribution in [1.82, 2.24) is 14.9 Å². The molecule has 0 aliphatic carbocycles. The lowest BCUT2D eigenvalue weighted by Crippen LogP contribution is -2.30. The highest BCUT2D eigenvalue weighted by Gasteiger charge is 2.17. The Labute approximate surface area is 203 Å². The molecule has 5 nitrogen and oxygen atoms in total. The Balaban J connectivity index is 1.86. The van der Waals surface area contributed by atoms with E-state index in [-0.39, 0.29) is 44.5 Å².